The monoisotopic (exact) mass is 252 g/mol. The van der Waals surface area contributed by atoms with E-state index in [1.807, 2.05) is 0 Å². The van der Waals surface area contributed by atoms with Crippen molar-refractivity contribution < 1.29 is 9.13 Å². The van der Waals surface area contributed by atoms with Crippen LogP contribution in [0.15, 0.2) is 18.2 Å². The first-order valence-electron chi connectivity index (χ1n) is 6.53. The standard InChI is InChI=1S/C14H21FN2O/c1-3-17(2)7-6-16-10-13-9-11-8-12(15)4-5-14(11)18-13/h4-5,8,13,16H,3,6-7,9-10H2,1-2H3. The Morgan fingerprint density at radius 1 is 1.50 bits per heavy atom. The van der Waals surface area contributed by atoms with Gasteiger partial charge in [0.25, 0.3) is 0 Å². The van der Waals surface area contributed by atoms with Crippen LogP contribution < -0.4 is 10.1 Å². The molecule has 3 nitrogen and oxygen atoms in total. The Balaban J connectivity index is 1.71. The summed E-state index contributed by atoms with van der Waals surface area (Å²) in [4.78, 5) is 2.26. The molecule has 0 aliphatic carbocycles. The molecule has 0 saturated carbocycles. The lowest BCUT2D eigenvalue weighted by atomic mass is 10.1. The molecule has 0 spiro atoms. The number of nitrogens with zero attached hydrogens (tertiary/aromatic N) is 1. The zero-order valence-corrected chi connectivity index (χ0v) is 11.1. The highest BCUT2D eigenvalue weighted by Gasteiger charge is 2.22. The van der Waals surface area contributed by atoms with Crippen molar-refractivity contribution >= 4 is 0 Å². The number of hydrogen-bond donors (Lipinski definition) is 1. The van der Waals surface area contributed by atoms with Gasteiger partial charge in [-0.3, -0.25) is 0 Å². The second kappa shape index (κ2) is 6.16. The van der Waals surface area contributed by atoms with Gasteiger partial charge in [0.15, 0.2) is 0 Å². The molecular formula is C14H21FN2O. The maximum absolute atomic E-state index is 13.0. The third-order valence-corrected chi connectivity index (χ3v) is 3.35. The largest absolute Gasteiger partial charge is 0.488 e. The number of ether oxygens (including phenoxy) is 1. The highest BCUT2D eigenvalue weighted by molar-refractivity contribution is 5.37. The summed E-state index contributed by atoms with van der Waals surface area (Å²) in [5.74, 6) is 0.643. The third-order valence-electron chi connectivity index (χ3n) is 3.35. The molecule has 18 heavy (non-hydrogen) atoms. The van der Waals surface area contributed by atoms with Crippen LogP contribution in [-0.4, -0.2) is 44.2 Å². The second-order valence-electron chi connectivity index (χ2n) is 4.80. The Morgan fingerprint density at radius 2 is 2.33 bits per heavy atom. The topological polar surface area (TPSA) is 24.5 Å². The second-order valence-corrected chi connectivity index (χ2v) is 4.80. The van der Waals surface area contributed by atoms with E-state index in [1.165, 1.54) is 6.07 Å². The smallest absolute Gasteiger partial charge is 0.123 e. The Hall–Kier alpha value is -1.13. The molecular weight excluding hydrogens is 231 g/mol. The Labute approximate surface area is 108 Å². The van der Waals surface area contributed by atoms with Crippen LogP contribution in [0.2, 0.25) is 0 Å². The number of likely N-dealkylation sites (N-methyl/N-ethyl adjacent to an activating group) is 1. The van der Waals surface area contributed by atoms with Gasteiger partial charge in [-0.2, -0.15) is 0 Å². The third kappa shape index (κ3) is 3.43. The molecule has 0 saturated heterocycles. The van der Waals surface area contributed by atoms with E-state index in [0.717, 1.165) is 43.9 Å². The van der Waals surface area contributed by atoms with Gasteiger partial charge in [-0.15, -0.1) is 0 Å². The predicted octanol–water partition coefficient (Wildman–Crippen LogP) is 1.67. The van der Waals surface area contributed by atoms with E-state index in [2.05, 4.69) is 24.2 Å². The molecule has 0 bridgehead atoms. The van der Waals surface area contributed by atoms with E-state index >= 15 is 0 Å². The summed E-state index contributed by atoms with van der Waals surface area (Å²) in [5, 5.41) is 3.38. The van der Waals surface area contributed by atoms with Crippen molar-refractivity contribution in [3.8, 4) is 5.75 Å². The molecule has 0 radical (unpaired) electrons. The summed E-state index contributed by atoms with van der Waals surface area (Å²) >= 11 is 0. The van der Waals surface area contributed by atoms with Crippen LogP contribution in [0.25, 0.3) is 0 Å². The average molecular weight is 252 g/mol. The van der Waals surface area contributed by atoms with Gasteiger partial charge in [0.1, 0.15) is 17.7 Å². The van der Waals surface area contributed by atoms with Gasteiger partial charge in [0.05, 0.1) is 0 Å². The summed E-state index contributed by atoms with van der Waals surface area (Å²) in [6.45, 7) is 6.01. The van der Waals surface area contributed by atoms with E-state index in [4.69, 9.17) is 4.74 Å². The highest BCUT2D eigenvalue weighted by atomic mass is 19.1. The summed E-state index contributed by atoms with van der Waals surface area (Å²) in [6.07, 6.45) is 0.928. The summed E-state index contributed by atoms with van der Waals surface area (Å²) in [5.41, 5.74) is 0.979. The van der Waals surface area contributed by atoms with Crippen LogP contribution in [0.4, 0.5) is 4.39 Å². The lowest BCUT2D eigenvalue weighted by Crippen LogP contribution is -2.35. The molecule has 1 heterocycles. The lowest BCUT2D eigenvalue weighted by molar-refractivity contribution is 0.224. The number of benzene rings is 1. The molecule has 1 aliphatic heterocycles. The molecule has 1 aromatic carbocycles. The summed E-state index contributed by atoms with van der Waals surface area (Å²) in [7, 11) is 2.10. The van der Waals surface area contributed by atoms with E-state index in [9.17, 15) is 4.39 Å². The molecule has 1 atom stereocenters. The van der Waals surface area contributed by atoms with Gasteiger partial charge < -0.3 is 15.0 Å². The van der Waals surface area contributed by atoms with Crippen molar-refractivity contribution in [1.82, 2.24) is 10.2 Å². The van der Waals surface area contributed by atoms with Crippen molar-refractivity contribution in [1.29, 1.82) is 0 Å². The van der Waals surface area contributed by atoms with Gasteiger partial charge in [0, 0.05) is 31.6 Å². The van der Waals surface area contributed by atoms with Crippen molar-refractivity contribution in [2.24, 2.45) is 0 Å². The molecule has 1 aromatic rings. The Morgan fingerprint density at radius 3 is 3.11 bits per heavy atom. The fourth-order valence-corrected chi connectivity index (χ4v) is 2.09. The minimum Gasteiger partial charge on any atom is -0.488 e. The molecule has 0 aromatic heterocycles. The fourth-order valence-electron chi connectivity index (χ4n) is 2.09. The normalized spacial score (nSPS) is 17.9. The van der Waals surface area contributed by atoms with Gasteiger partial charge in [-0.1, -0.05) is 6.92 Å². The highest BCUT2D eigenvalue weighted by Crippen LogP contribution is 2.28. The number of nitrogens with one attached hydrogen (secondary N) is 1. The van der Waals surface area contributed by atoms with Crippen LogP contribution in [-0.2, 0) is 6.42 Å². The molecule has 0 amide bonds. The molecule has 0 fully saturated rings. The first-order chi connectivity index (χ1) is 8.69. The Bertz CT molecular complexity index is 397. The molecule has 4 heteroatoms. The SMILES string of the molecule is CCN(C)CCNCC1Cc2cc(F)ccc2O1. The van der Waals surface area contributed by atoms with E-state index in [-0.39, 0.29) is 11.9 Å². The molecule has 1 aliphatic rings. The summed E-state index contributed by atoms with van der Waals surface area (Å²) in [6, 6.07) is 4.74. The zero-order valence-electron chi connectivity index (χ0n) is 11.1. The quantitative estimate of drug-likeness (QED) is 0.779. The minimum absolute atomic E-state index is 0.133. The molecule has 1 N–H and O–H groups in total. The first kappa shape index (κ1) is 13.3. The number of fused-ring (bicyclic) bond motifs is 1. The van der Waals surface area contributed by atoms with E-state index in [1.54, 1.807) is 12.1 Å². The van der Waals surface area contributed by atoms with Crippen molar-refractivity contribution in [3.05, 3.63) is 29.6 Å². The van der Waals surface area contributed by atoms with Crippen LogP contribution >= 0.6 is 0 Å². The zero-order chi connectivity index (χ0) is 13.0. The fraction of sp³-hybridized carbons (Fsp3) is 0.571. The molecule has 2 rings (SSSR count). The van der Waals surface area contributed by atoms with Gasteiger partial charge >= 0.3 is 0 Å². The lowest BCUT2D eigenvalue weighted by Gasteiger charge is -2.16. The number of rotatable bonds is 6. The van der Waals surface area contributed by atoms with E-state index < -0.39 is 0 Å². The van der Waals surface area contributed by atoms with Crippen molar-refractivity contribution in [3.63, 3.8) is 0 Å². The van der Waals surface area contributed by atoms with Crippen molar-refractivity contribution in [2.45, 2.75) is 19.4 Å². The Kier molecular flexibility index (Phi) is 4.55. The number of hydrogen-bond acceptors (Lipinski definition) is 3. The summed E-state index contributed by atoms with van der Waals surface area (Å²) < 4.78 is 18.8. The minimum atomic E-state index is -0.185. The van der Waals surface area contributed by atoms with Crippen LogP contribution in [0, 0.1) is 5.82 Å². The van der Waals surface area contributed by atoms with Crippen LogP contribution in [0.5, 0.6) is 5.75 Å². The van der Waals surface area contributed by atoms with Gasteiger partial charge in [-0.05, 0) is 31.8 Å². The number of halogens is 1. The van der Waals surface area contributed by atoms with Crippen LogP contribution in [0.3, 0.4) is 0 Å². The van der Waals surface area contributed by atoms with Gasteiger partial charge in [-0.25, -0.2) is 4.39 Å². The average Bonchev–Trinajstić information content (AvgIpc) is 2.76. The first-order valence-corrected chi connectivity index (χ1v) is 6.53. The van der Waals surface area contributed by atoms with E-state index in [0.29, 0.717) is 0 Å². The maximum Gasteiger partial charge on any atom is 0.123 e. The maximum atomic E-state index is 13.0. The molecule has 1 unspecified atom stereocenters. The van der Waals surface area contributed by atoms with Crippen LogP contribution in [0.1, 0.15) is 12.5 Å². The van der Waals surface area contributed by atoms with Gasteiger partial charge in [0.2, 0.25) is 0 Å². The van der Waals surface area contributed by atoms with Crippen molar-refractivity contribution in [2.75, 3.05) is 33.2 Å². The molecule has 100 valence electrons. The predicted molar refractivity (Wildman–Crippen MR) is 70.6 cm³/mol.